The molecule has 2 aromatic rings. The number of urea groups is 1. The van der Waals surface area contributed by atoms with Crippen LogP contribution in [-0.2, 0) is 15.1 Å². The molecule has 0 saturated carbocycles. The van der Waals surface area contributed by atoms with E-state index in [1.165, 1.54) is 19.2 Å². The Labute approximate surface area is 141 Å². The number of benzene rings is 2. The summed E-state index contributed by atoms with van der Waals surface area (Å²) >= 11 is 0. The molecular weight excluding hydrogens is 334 g/mol. The number of esters is 1. The summed E-state index contributed by atoms with van der Waals surface area (Å²) < 4.78 is 38.0. The van der Waals surface area contributed by atoms with Crippen molar-refractivity contribution in [3.63, 3.8) is 0 Å². The Morgan fingerprint density at radius 1 is 1.08 bits per heavy atom. The van der Waals surface area contributed by atoms with Crippen molar-refractivity contribution in [1.29, 1.82) is 0 Å². The second-order valence-electron chi connectivity index (χ2n) is 5.45. The van der Waals surface area contributed by atoms with Crippen LogP contribution in [0.15, 0.2) is 30.3 Å². The largest absolute Gasteiger partial charge is 0.496 e. The van der Waals surface area contributed by atoms with Crippen LogP contribution in [0.2, 0.25) is 0 Å². The number of nitrogens with one attached hydrogen (secondary N) is 1. The Balaban J connectivity index is 2.48. The predicted octanol–water partition coefficient (Wildman–Crippen LogP) is 2.04. The van der Waals surface area contributed by atoms with E-state index in [1.807, 2.05) is 0 Å². The number of hydrogen-bond acceptors (Lipinski definition) is 4. The average Bonchev–Trinajstić information content (AvgIpc) is 2.83. The van der Waals surface area contributed by atoms with Crippen LogP contribution in [0, 0.1) is 11.6 Å². The number of nitrogens with two attached hydrogens (primary N) is 1. The van der Waals surface area contributed by atoms with Crippen molar-refractivity contribution >= 4 is 12.0 Å². The second-order valence-corrected chi connectivity index (χ2v) is 5.45. The first-order valence-corrected chi connectivity index (χ1v) is 7.19. The highest BCUT2D eigenvalue weighted by molar-refractivity contribution is 6.01. The number of halogens is 2. The first-order chi connectivity index (χ1) is 11.8. The molecular formula is C17H14F2N2O4. The molecule has 8 heteroatoms. The molecule has 2 amide bonds. The highest BCUT2D eigenvalue weighted by Crippen LogP contribution is 2.52. The lowest BCUT2D eigenvalue weighted by atomic mass is 9.87. The Morgan fingerprint density at radius 3 is 2.36 bits per heavy atom. The fourth-order valence-corrected chi connectivity index (χ4v) is 3.25. The summed E-state index contributed by atoms with van der Waals surface area (Å²) in [7, 11) is 2.43. The zero-order valence-corrected chi connectivity index (χ0v) is 13.4. The minimum Gasteiger partial charge on any atom is -0.496 e. The maximum absolute atomic E-state index is 14.1. The van der Waals surface area contributed by atoms with E-state index in [1.54, 1.807) is 0 Å². The molecule has 3 rings (SSSR count). The maximum atomic E-state index is 14.1. The van der Waals surface area contributed by atoms with Gasteiger partial charge in [-0.05, 0) is 23.8 Å². The lowest BCUT2D eigenvalue weighted by Crippen LogP contribution is -2.53. The van der Waals surface area contributed by atoms with Gasteiger partial charge >= 0.3 is 12.0 Å². The molecule has 1 atom stereocenters. The van der Waals surface area contributed by atoms with Crippen molar-refractivity contribution in [2.75, 3.05) is 14.2 Å². The van der Waals surface area contributed by atoms with Gasteiger partial charge in [-0.3, -0.25) is 0 Å². The second kappa shape index (κ2) is 5.73. The van der Waals surface area contributed by atoms with E-state index in [4.69, 9.17) is 15.2 Å². The SMILES string of the molecule is COC(=O)C1(NC(N)=O)c2cc(F)ccc2-c2c(OC)cc(F)cc21. The average molecular weight is 348 g/mol. The van der Waals surface area contributed by atoms with Gasteiger partial charge in [0.05, 0.1) is 14.2 Å². The van der Waals surface area contributed by atoms with Gasteiger partial charge in [-0.15, -0.1) is 0 Å². The lowest BCUT2D eigenvalue weighted by Gasteiger charge is -2.29. The minimum atomic E-state index is -1.98. The van der Waals surface area contributed by atoms with Crippen molar-refractivity contribution < 1.29 is 27.8 Å². The number of carbonyl (C=O) groups excluding carboxylic acids is 2. The molecule has 3 N–H and O–H groups in total. The molecule has 130 valence electrons. The number of rotatable bonds is 3. The van der Waals surface area contributed by atoms with Crippen LogP contribution in [0.25, 0.3) is 11.1 Å². The number of methoxy groups -OCH3 is 2. The summed E-state index contributed by atoms with van der Waals surface area (Å²) in [5.74, 6) is -2.17. The van der Waals surface area contributed by atoms with E-state index in [0.29, 0.717) is 11.1 Å². The van der Waals surface area contributed by atoms with E-state index >= 15 is 0 Å². The topological polar surface area (TPSA) is 90.6 Å². The lowest BCUT2D eigenvalue weighted by molar-refractivity contribution is -0.146. The van der Waals surface area contributed by atoms with Crippen LogP contribution in [0.5, 0.6) is 5.75 Å². The van der Waals surface area contributed by atoms with Gasteiger partial charge in [-0.1, -0.05) is 6.07 Å². The third-order valence-electron chi connectivity index (χ3n) is 4.15. The summed E-state index contributed by atoms with van der Waals surface area (Å²) in [5, 5.41) is 2.30. The van der Waals surface area contributed by atoms with E-state index in [0.717, 1.165) is 25.3 Å². The van der Waals surface area contributed by atoms with Crippen LogP contribution < -0.4 is 15.8 Å². The number of primary amides is 1. The molecule has 25 heavy (non-hydrogen) atoms. The first kappa shape index (κ1) is 16.7. The molecule has 6 nitrogen and oxygen atoms in total. The maximum Gasteiger partial charge on any atom is 0.341 e. The zero-order valence-electron chi connectivity index (χ0n) is 13.4. The summed E-state index contributed by atoms with van der Waals surface area (Å²) in [5.41, 5.74) is 4.12. The predicted molar refractivity (Wildman–Crippen MR) is 83.9 cm³/mol. The molecule has 0 aliphatic heterocycles. The van der Waals surface area contributed by atoms with Crippen LogP contribution in [0.1, 0.15) is 11.1 Å². The van der Waals surface area contributed by atoms with Crippen molar-refractivity contribution in [2.24, 2.45) is 5.73 Å². The number of ether oxygens (including phenoxy) is 2. The number of amides is 2. The molecule has 0 aromatic heterocycles. The quantitative estimate of drug-likeness (QED) is 0.831. The van der Waals surface area contributed by atoms with Gasteiger partial charge in [0.25, 0.3) is 0 Å². The van der Waals surface area contributed by atoms with Crippen LogP contribution in [-0.4, -0.2) is 26.2 Å². The van der Waals surface area contributed by atoms with Crippen LogP contribution >= 0.6 is 0 Å². The summed E-state index contributed by atoms with van der Waals surface area (Å²) in [6.45, 7) is 0. The summed E-state index contributed by atoms with van der Waals surface area (Å²) in [6, 6.07) is 4.79. The van der Waals surface area contributed by atoms with Crippen molar-refractivity contribution in [1.82, 2.24) is 5.32 Å². The van der Waals surface area contributed by atoms with Gasteiger partial charge in [-0.2, -0.15) is 0 Å². The summed E-state index contributed by atoms with van der Waals surface area (Å²) in [4.78, 5) is 24.3. The number of hydrogen-bond donors (Lipinski definition) is 2. The molecule has 0 saturated heterocycles. The van der Waals surface area contributed by atoms with Gasteiger partial charge in [0.2, 0.25) is 0 Å². The Hall–Kier alpha value is -3.16. The molecule has 0 fully saturated rings. The van der Waals surface area contributed by atoms with Crippen molar-refractivity contribution in [3.05, 3.63) is 53.1 Å². The molecule has 0 spiro atoms. The van der Waals surface area contributed by atoms with Gasteiger partial charge in [0.1, 0.15) is 17.4 Å². The molecule has 0 radical (unpaired) electrons. The highest BCUT2D eigenvalue weighted by atomic mass is 19.1. The Morgan fingerprint density at radius 2 is 1.76 bits per heavy atom. The number of fused-ring (bicyclic) bond motifs is 3. The van der Waals surface area contributed by atoms with Crippen LogP contribution in [0.3, 0.4) is 0 Å². The minimum absolute atomic E-state index is 0.0515. The van der Waals surface area contributed by atoms with E-state index in [2.05, 4.69) is 5.32 Å². The van der Waals surface area contributed by atoms with E-state index in [9.17, 15) is 18.4 Å². The van der Waals surface area contributed by atoms with Gasteiger partial charge < -0.3 is 20.5 Å². The standard InChI is InChI=1S/C17H14F2N2O4/c1-24-13-7-9(19)6-12-14(13)10-4-3-8(18)5-11(10)17(12,15(22)25-2)21-16(20)23/h3-7H,1-2H3,(H3,20,21,23). The third-order valence-corrected chi connectivity index (χ3v) is 4.15. The normalized spacial score (nSPS) is 17.4. The molecule has 1 unspecified atom stereocenters. The third kappa shape index (κ3) is 2.29. The number of carbonyl (C=O) groups is 2. The first-order valence-electron chi connectivity index (χ1n) is 7.19. The van der Waals surface area contributed by atoms with Crippen molar-refractivity contribution in [3.8, 4) is 16.9 Å². The monoisotopic (exact) mass is 348 g/mol. The molecule has 1 aliphatic carbocycles. The van der Waals surface area contributed by atoms with Gasteiger partial charge in [0, 0.05) is 22.8 Å². The molecule has 1 aliphatic rings. The summed E-state index contributed by atoms with van der Waals surface area (Å²) in [6.07, 6.45) is 0. The van der Waals surface area contributed by atoms with E-state index in [-0.39, 0.29) is 16.9 Å². The molecule has 2 aromatic carbocycles. The smallest absolute Gasteiger partial charge is 0.341 e. The van der Waals surface area contributed by atoms with Gasteiger partial charge in [-0.25, -0.2) is 18.4 Å². The molecule has 0 heterocycles. The fraction of sp³-hybridized carbons (Fsp3) is 0.176. The highest BCUT2D eigenvalue weighted by Gasteiger charge is 2.53. The van der Waals surface area contributed by atoms with Crippen molar-refractivity contribution in [2.45, 2.75) is 5.54 Å². The Bertz CT molecular complexity index is 900. The fourth-order valence-electron chi connectivity index (χ4n) is 3.25. The van der Waals surface area contributed by atoms with E-state index < -0.39 is 29.2 Å². The van der Waals surface area contributed by atoms with Crippen LogP contribution in [0.4, 0.5) is 13.6 Å². The van der Waals surface area contributed by atoms with Gasteiger partial charge in [0.15, 0.2) is 5.54 Å². The molecule has 0 bridgehead atoms. The zero-order chi connectivity index (χ0) is 18.4. The Kier molecular flexibility index (Phi) is 3.82.